The molecule has 2 aromatic carbocycles. The SMILES string of the molecule is CCc1nc2ccc(Br)cc2c(=O)n1N=Cc1cc(OC)c(OC(C)C)cc1Br. The molecule has 0 radical (unpaired) electrons. The number of nitrogens with zero attached hydrogens (tertiary/aromatic N) is 3. The van der Waals surface area contributed by atoms with E-state index in [4.69, 9.17) is 9.47 Å². The van der Waals surface area contributed by atoms with E-state index in [0.717, 1.165) is 14.5 Å². The van der Waals surface area contributed by atoms with E-state index >= 15 is 0 Å². The van der Waals surface area contributed by atoms with Gasteiger partial charge in [0.25, 0.3) is 5.56 Å². The van der Waals surface area contributed by atoms with Gasteiger partial charge in [-0.15, -0.1) is 0 Å². The summed E-state index contributed by atoms with van der Waals surface area (Å²) in [5, 5.41) is 4.93. The van der Waals surface area contributed by atoms with Gasteiger partial charge in [0.1, 0.15) is 5.82 Å². The Morgan fingerprint density at radius 2 is 1.97 bits per heavy atom. The van der Waals surface area contributed by atoms with Gasteiger partial charge in [-0.05, 0) is 60.1 Å². The molecule has 0 aliphatic rings. The van der Waals surface area contributed by atoms with Crippen molar-refractivity contribution in [1.82, 2.24) is 9.66 Å². The van der Waals surface area contributed by atoms with Crippen LogP contribution in [0.15, 0.2) is 49.2 Å². The van der Waals surface area contributed by atoms with Gasteiger partial charge in [0.05, 0.1) is 30.3 Å². The maximum atomic E-state index is 13.0. The van der Waals surface area contributed by atoms with E-state index < -0.39 is 0 Å². The van der Waals surface area contributed by atoms with Gasteiger partial charge >= 0.3 is 0 Å². The Morgan fingerprint density at radius 3 is 2.62 bits per heavy atom. The Hall–Kier alpha value is -2.19. The number of halogens is 2. The molecule has 152 valence electrons. The Morgan fingerprint density at radius 1 is 1.21 bits per heavy atom. The van der Waals surface area contributed by atoms with Crippen LogP contribution in [-0.2, 0) is 6.42 Å². The van der Waals surface area contributed by atoms with Crippen LogP contribution in [0.3, 0.4) is 0 Å². The first-order chi connectivity index (χ1) is 13.8. The number of aromatic nitrogens is 2. The molecule has 0 N–H and O–H groups in total. The van der Waals surface area contributed by atoms with Crippen molar-refractivity contribution in [3.63, 3.8) is 0 Å². The van der Waals surface area contributed by atoms with Crippen molar-refractivity contribution in [2.75, 3.05) is 7.11 Å². The third-order valence-electron chi connectivity index (χ3n) is 4.15. The molecule has 0 atom stereocenters. The van der Waals surface area contributed by atoms with E-state index in [9.17, 15) is 4.79 Å². The van der Waals surface area contributed by atoms with Crippen LogP contribution in [0.25, 0.3) is 10.9 Å². The second-order valence-corrected chi connectivity index (χ2v) is 8.37. The largest absolute Gasteiger partial charge is 0.493 e. The summed E-state index contributed by atoms with van der Waals surface area (Å²) in [4.78, 5) is 17.6. The van der Waals surface area contributed by atoms with Gasteiger partial charge in [-0.1, -0.05) is 22.9 Å². The number of benzene rings is 2. The molecule has 0 saturated heterocycles. The van der Waals surface area contributed by atoms with E-state index in [2.05, 4.69) is 41.9 Å². The summed E-state index contributed by atoms with van der Waals surface area (Å²) in [5.74, 6) is 1.81. The standard InChI is InChI=1S/C21H21Br2N3O3/c1-5-20-25-17-7-6-14(22)9-15(17)21(27)26(20)24-11-13-8-18(28-4)19(10-16(13)23)29-12(2)3/h6-12H,5H2,1-4H3. The molecule has 1 aromatic heterocycles. The first-order valence-electron chi connectivity index (χ1n) is 9.13. The van der Waals surface area contributed by atoms with Crippen molar-refractivity contribution < 1.29 is 9.47 Å². The first-order valence-corrected chi connectivity index (χ1v) is 10.7. The van der Waals surface area contributed by atoms with E-state index in [0.29, 0.717) is 34.6 Å². The maximum absolute atomic E-state index is 13.0. The number of methoxy groups -OCH3 is 1. The Kier molecular flexibility index (Phi) is 6.74. The normalized spacial score (nSPS) is 11.6. The third-order valence-corrected chi connectivity index (χ3v) is 5.33. The molecule has 0 bridgehead atoms. The molecule has 3 rings (SSSR count). The average Bonchev–Trinajstić information content (AvgIpc) is 2.68. The molecule has 0 saturated carbocycles. The van der Waals surface area contributed by atoms with Crippen LogP contribution in [0.5, 0.6) is 11.5 Å². The van der Waals surface area contributed by atoms with E-state index in [1.54, 1.807) is 19.4 Å². The molecule has 3 aromatic rings. The van der Waals surface area contributed by atoms with Crippen LogP contribution in [0.1, 0.15) is 32.2 Å². The molecular weight excluding hydrogens is 502 g/mol. The van der Waals surface area contributed by atoms with Gasteiger partial charge < -0.3 is 9.47 Å². The first kappa shape index (κ1) is 21.5. The van der Waals surface area contributed by atoms with Gasteiger partial charge in [0, 0.05) is 20.9 Å². The smallest absolute Gasteiger partial charge is 0.282 e. The van der Waals surface area contributed by atoms with Gasteiger partial charge in [-0.3, -0.25) is 4.79 Å². The summed E-state index contributed by atoms with van der Waals surface area (Å²) in [6, 6.07) is 9.09. The van der Waals surface area contributed by atoms with Gasteiger partial charge in [0.15, 0.2) is 11.5 Å². The Bertz CT molecular complexity index is 1140. The zero-order valence-corrected chi connectivity index (χ0v) is 19.7. The number of ether oxygens (including phenoxy) is 2. The van der Waals surface area contributed by atoms with Crippen molar-refractivity contribution in [3.8, 4) is 11.5 Å². The lowest BCUT2D eigenvalue weighted by Gasteiger charge is -2.15. The van der Waals surface area contributed by atoms with Crippen LogP contribution in [-0.4, -0.2) is 29.1 Å². The molecule has 1 heterocycles. The highest BCUT2D eigenvalue weighted by Gasteiger charge is 2.12. The topological polar surface area (TPSA) is 65.7 Å². The zero-order valence-electron chi connectivity index (χ0n) is 16.6. The lowest BCUT2D eigenvalue weighted by Crippen LogP contribution is -2.22. The second-order valence-electron chi connectivity index (χ2n) is 6.60. The van der Waals surface area contributed by atoms with Gasteiger partial charge in [-0.25, -0.2) is 4.98 Å². The molecule has 8 heteroatoms. The summed E-state index contributed by atoms with van der Waals surface area (Å²) in [6.45, 7) is 5.84. The van der Waals surface area contributed by atoms with E-state index in [1.807, 2.05) is 45.0 Å². The maximum Gasteiger partial charge on any atom is 0.282 e. The number of rotatable bonds is 6. The number of aryl methyl sites for hydroxylation is 1. The second kappa shape index (κ2) is 9.09. The van der Waals surface area contributed by atoms with Crippen LogP contribution in [0.2, 0.25) is 0 Å². The highest BCUT2D eigenvalue weighted by Crippen LogP contribution is 2.33. The van der Waals surface area contributed by atoms with Crippen LogP contribution >= 0.6 is 31.9 Å². The minimum atomic E-state index is -0.216. The average molecular weight is 523 g/mol. The lowest BCUT2D eigenvalue weighted by atomic mass is 10.2. The van der Waals surface area contributed by atoms with E-state index in [-0.39, 0.29) is 11.7 Å². The predicted molar refractivity (Wildman–Crippen MR) is 123 cm³/mol. The molecule has 0 unspecified atom stereocenters. The van der Waals surface area contributed by atoms with Crippen molar-refractivity contribution in [2.45, 2.75) is 33.3 Å². The van der Waals surface area contributed by atoms with E-state index in [1.165, 1.54) is 4.68 Å². The summed E-state index contributed by atoms with van der Waals surface area (Å²) >= 11 is 6.95. The quantitative estimate of drug-likeness (QED) is 0.419. The highest BCUT2D eigenvalue weighted by molar-refractivity contribution is 9.10. The number of fused-ring (bicyclic) bond motifs is 1. The summed E-state index contributed by atoms with van der Waals surface area (Å²) < 4.78 is 14.2. The fourth-order valence-corrected chi connectivity index (χ4v) is 3.60. The van der Waals surface area contributed by atoms with Crippen molar-refractivity contribution in [3.05, 3.63) is 61.0 Å². The van der Waals surface area contributed by atoms with Crippen LogP contribution < -0.4 is 15.0 Å². The molecule has 29 heavy (non-hydrogen) atoms. The summed E-state index contributed by atoms with van der Waals surface area (Å²) in [6.07, 6.45) is 2.20. The molecule has 0 aliphatic carbocycles. The highest BCUT2D eigenvalue weighted by atomic mass is 79.9. The van der Waals surface area contributed by atoms with Gasteiger partial charge in [0.2, 0.25) is 0 Å². The minimum Gasteiger partial charge on any atom is -0.493 e. The van der Waals surface area contributed by atoms with Crippen LogP contribution in [0, 0.1) is 0 Å². The van der Waals surface area contributed by atoms with Crippen molar-refractivity contribution in [1.29, 1.82) is 0 Å². The predicted octanol–water partition coefficient (Wildman–Crippen LogP) is 5.16. The Balaban J connectivity index is 2.09. The van der Waals surface area contributed by atoms with Gasteiger partial charge in [-0.2, -0.15) is 9.78 Å². The lowest BCUT2D eigenvalue weighted by molar-refractivity contribution is 0.230. The molecule has 0 amide bonds. The molecule has 0 fully saturated rings. The molecular formula is C21H21Br2N3O3. The molecule has 0 aliphatic heterocycles. The fraction of sp³-hybridized carbons (Fsp3) is 0.286. The minimum absolute atomic E-state index is 0.0176. The third kappa shape index (κ3) is 4.70. The Labute approximate surface area is 185 Å². The monoisotopic (exact) mass is 521 g/mol. The summed E-state index contributed by atoms with van der Waals surface area (Å²) in [7, 11) is 1.59. The zero-order chi connectivity index (χ0) is 21.1. The number of hydrogen-bond acceptors (Lipinski definition) is 5. The molecule has 0 spiro atoms. The fourth-order valence-electron chi connectivity index (χ4n) is 2.82. The number of hydrogen-bond donors (Lipinski definition) is 0. The van der Waals surface area contributed by atoms with Crippen LogP contribution in [0.4, 0.5) is 0 Å². The summed E-state index contributed by atoms with van der Waals surface area (Å²) in [5.41, 5.74) is 1.19. The molecule has 6 nitrogen and oxygen atoms in total. The van der Waals surface area contributed by atoms with Crippen molar-refractivity contribution in [2.24, 2.45) is 5.10 Å². The van der Waals surface area contributed by atoms with Crippen molar-refractivity contribution >= 4 is 49.0 Å².